The molecule has 4 nitrogen and oxygen atoms in total. The van der Waals surface area contributed by atoms with Crippen LogP contribution in [0.1, 0.15) is 47.0 Å². The fraction of sp³-hybridized carbons (Fsp3) is 0.857. The highest BCUT2D eigenvalue weighted by atomic mass is 16.4. The molecule has 104 valence electrons. The van der Waals surface area contributed by atoms with Crippen molar-refractivity contribution in [3.8, 4) is 0 Å². The van der Waals surface area contributed by atoms with Crippen LogP contribution in [0.2, 0.25) is 0 Å². The van der Waals surface area contributed by atoms with E-state index in [2.05, 4.69) is 0 Å². The summed E-state index contributed by atoms with van der Waals surface area (Å²) >= 11 is 0. The van der Waals surface area contributed by atoms with Gasteiger partial charge in [0.2, 0.25) is 5.91 Å². The summed E-state index contributed by atoms with van der Waals surface area (Å²) in [6.45, 7) is 8.81. The third-order valence-corrected chi connectivity index (χ3v) is 4.19. The van der Waals surface area contributed by atoms with Crippen LogP contribution in [0.4, 0.5) is 0 Å². The smallest absolute Gasteiger partial charge is 0.310 e. The average molecular weight is 255 g/mol. The predicted molar refractivity (Wildman–Crippen MR) is 70.2 cm³/mol. The summed E-state index contributed by atoms with van der Waals surface area (Å²) in [5.41, 5.74) is -0.964. The molecule has 4 heteroatoms. The number of hydrogen-bond acceptors (Lipinski definition) is 2. The van der Waals surface area contributed by atoms with Crippen molar-refractivity contribution in [2.24, 2.45) is 17.3 Å². The van der Waals surface area contributed by atoms with E-state index in [1.165, 1.54) is 12.8 Å². The Morgan fingerprint density at radius 3 is 2.28 bits per heavy atom. The highest BCUT2D eigenvalue weighted by Crippen LogP contribution is 2.34. The summed E-state index contributed by atoms with van der Waals surface area (Å²) in [5.74, 6) is -0.320. The number of carbonyl (C=O) groups excluding carboxylic acids is 1. The van der Waals surface area contributed by atoms with E-state index in [0.29, 0.717) is 12.5 Å². The Bertz CT molecular complexity index is 323. The average Bonchev–Trinajstić information content (AvgIpc) is 3.08. The lowest BCUT2D eigenvalue weighted by molar-refractivity contribution is -0.155. The molecule has 1 amide bonds. The van der Waals surface area contributed by atoms with E-state index >= 15 is 0 Å². The minimum Gasteiger partial charge on any atom is -0.481 e. The summed E-state index contributed by atoms with van der Waals surface area (Å²) in [6.07, 6.45) is 2.49. The third kappa shape index (κ3) is 3.47. The quantitative estimate of drug-likeness (QED) is 0.760. The maximum atomic E-state index is 12.2. The molecule has 1 saturated carbocycles. The molecule has 1 N–H and O–H groups in total. The van der Waals surface area contributed by atoms with Crippen molar-refractivity contribution in [3.63, 3.8) is 0 Å². The largest absolute Gasteiger partial charge is 0.481 e. The molecule has 0 radical (unpaired) electrons. The number of aliphatic carboxylic acids is 1. The zero-order valence-electron chi connectivity index (χ0n) is 11.9. The zero-order chi connectivity index (χ0) is 13.9. The molecule has 18 heavy (non-hydrogen) atoms. The van der Waals surface area contributed by atoms with Gasteiger partial charge in [-0.05, 0) is 38.5 Å². The van der Waals surface area contributed by atoms with E-state index in [1.54, 1.807) is 11.8 Å². The van der Waals surface area contributed by atoms with Crippen LogP contribution in [0.15, 0.2) is 0 Å². The predicted octanol–water partition coefficient (Wildman–Crippen LogP) is 2.38. The zero-order valence-corrected chi connectivity index (χ0v) is 11.9. The van der Waals surface area contributed by atoms with Crippen molar-refractivity contribution in [2.45, 2.75) is 47.0 Å². The first-order valence-electron chi connectivity index (χ1n) is 6.82. The molecule has 1 unspecified atom stereocenters. The summed E-state index contributed by atoms with van der Waals surface area (Å²) in [5, 5.41) is 9.33. The number of amides is 1. The van der Waals surface area contributed by atoms with Crippen molar-refractivity contribution >= 4 is 11.9 Å². The van der Waals surface area contributed by atoms with Gasteiger partial charge in [-0.25, -0.2) is 0 Å². The van der Waals surface area contributed by atoms with Crippen molar-refractivity contribution < 1.29 is 14.7 Å². The van der Waals surface area contributed by atoms with Gasteiger partial charge in [0.15, 0.2) is 0 Å². The molecule has 0 saturated heterocycles. The van der Waals surface area contributed by atoms with Crippen LogP contribution in [0.3, 0.4) is 0 Å². The lowest BCUT2D eigenvalue weighted by Crippen LogP contribution is -2.41. The van der Waals surface area contributed by atoms with E-state index in [1.807, 2.05) is 20.8 Å². The van der Waals surface area contributed by atoms with Crippen molar-refractivity contribution in [1.82, 2.24) is 4.90 Å². The first kappa shape index (κ1) is 15.0. The summed E-state index contributed by atoms with van der Waals surface area (Å²) in [4.78, 5) is 25.4. The number of carboxylic acids is 1. The normalized spacial score (nSPS) is 18.5. The Morgan fingerprint density at radius 1 is 1.39 bits per heavy atom. The second-order valence-corrected chi connectivity index (χ2v) is 5.93. The molecule has 0 aliphatic heterocycles. The lowest BCUT2D eigenvalue weighted by atomic mass is 9.76. The summed E-state index contributed by atoms with van der Waals surface area (Å²) in [6, 6.07) is 0. The molecule has 0 spiro atoms. The summed E-state index contributed by atoms with van der Waals surface area (Å²) < 4.78 is 0. The molecule has 1 aliphatic rings. The minimum atomic E-state index is -0.964. The molecule has 0 aromatic heterocycles. The van der Waals surface area contributed by atoms with Gasteiger partial charge in [-0.2, -0.15) is 0 Å². The van der Waals surface area contributed by atoms with Gasteiger partial charge in [-0.15, -0.1) is 0 Å². The van der Waals surface area contributed by atoms with E-state index < -0.39 is 11.4 Å². The molecule has 1 atom stereocenters. The maximum Gasteiger partial charge on any atom is 0.310 e. The first-order valence-corrected chi connectivity index (χ1v) is 6.82. The second-order valence-electron chi connectivity index (χ2n) is 5.93. The van der Waals surface area contributed by atoms with Gasteiger partial charge in [-0.3, -0.25) is 9.59 Å². The highest BCUT2D eigenvalue weighted by molar-refractivity contribution is 5.85. The Hall–Kier alpha value is -1.06. The van der Waals surface area contributed by atoms with E-state index in [9.17, 15) is 14.7 Å². The van der Waals surface area contributed by atoms with E-state index in [0.717, 1.165) is 6.54 Å². The van der Waals surface area contributed by atoms with Crippen LogP contribution in [0.25, 0.3) is 0 Å². The molecule has 1 rings (SSSR count). The maximum absolute atomic E-state index is 12.2. The summed E-state index contributed by atoms with van der Waals surface area (Å²) in [7, 11) is 0. The fourth-order valence-electron chi connectivity index (χ4n) is 1.97. The van der Waals surface area contributed by atoms with Gasteiger partial charge >= 0.3 is 5.97 Å². The first-order chi connectivity index (χ1) is 8.31. The van der Waals surface area contributed by atoms with Crippen LogP contribution in [-0.2, 0) is 9.59 Å². The van der Waals surface area contributed by atoms with Crippen LogP contribution in [-0.4, -0.2) is 35.0 Å². The van der Waals surface area contributed by atoms with Gasteiger partial charge in [0.05, 0.1) is 5.41 Å². The molecule has 0 bridgehead atoms. The van der Waals surface area contributed by atoms with Gasteiger partial charge in [0.25, 0.3) is 0 Å². The lowest BCUT2D eigenvalue weighted by Gasteiger charge is -2.31. The highest BCUT2D eigenvalue weighted by Gasteiger charge is 2.40. The topological polar surface area (TPSA) is 57.6 Å². The monoisotopic (exact) mass is 255 g/mol. The number of nitrogens with zero attached hydrogens (tertiary/aromatic N) is 1. The van der Waals surface area contributed by atoms with Gasteiger partial charge in [0, 0.05) is 19.5 Å². The van der Waals surface area contributed by atoms with Gasteiger partial charge in [-0.1, -0.05) is 13.8 Å². The standard InChI is InChI=1S/C14H25NO3/c1-5-15(9-11-6-7-11)12(16)8-14(4,10(2)3)13(17)18/h10-11H,5-9H2,1-4H3,(H,17,18). The van der Waals surface area contributed by atoms with Crippen LogP contribution in [0, 0.1) is 17.3 Å². The van der Waals surface area contributed by atoms with Gasteiger partial charge < -0.3 is 10.0 Å². The number of hydrogen-bond donors (Lipinski definition) is 1. The van der Waals surface area contributed by atoms with E-state index in [4.69, 9.17) is 0 Å². The van der Waals surface area contributed by atoms with Crippen molar-refractivity contribution in [2.75, 3.05) is 13.1 Å². The Balaban J connectivity index is 2.66. The molecule has 0 aromatic rings. The minimum absolute atomic E-state index is 0.0250. The third-order valence-electron chi connectivity index (χ3n) is 4.19. The van der Waals surface area contributed by atoms with E-state index in [-0.39, 0.29) is 18.2 Å². The van der Waals surface area contributed by atoms with Crippen LogP contribution < -0.4 is 0 Å². The Labute approximate surface area is 109 Å². The molecule has 1 fully saturated rings. The van der Waals surface area contributed by atoms with Crippen molar-refractivity contribution in [3.05, 3.63) is 0 Å². The number of carboxylic acid groups (broad SMARTS) is 1. The molecular formula is C14H25NO3. The van der Waals surface area contributed by atoms with Crippen molar-refractivity contribution in [1.29, 1.82) is 0 Å². The Morgan fingerprint density at radius 2 is 1.94 bits per heavy atom. The molecule has 1 aliphatic carbocycles. The SMILES string of the molecule is CCN(CC1CC1)C(=O)CC(C)(C(=O)O)C(C)C. The van der Waals surface area contributed by atoms with Crippen LogP contribution in [0.5, 0.6) is 0 Å². The second kappa shape index (κ2) is 5.72. The molecular weight excluding hydrogens is 230 g/mol. The number of rotatable bonds is 7. The molecule has 0 heterocycles. The number of carbonyl (C=O) groups is 2. The fourth-order valence-corrected chi connectivity index (χ4v) is 1.97. The Kier molecular flexibility index (Phi) is 4.77. The molecule has 0 aromatic carbocycles. The van der Waals surface area contributed by atoms with Crippen LogP contribution >= 0.6 is 0 Å². The van der Waals surface area contributed by atoms with Gasteiger partial charge in [0.1, 0.15) is 0 Å².